The Morgan fingerprint density at radius 1 is 1.31 bits per heavy atom. The van der Waals surface area contributed by atoms with E-state index in [9.17, 15) is 0 Å². The molecule has 2 rings (SSSR count). The van der Waals surface area contributed by atoms with E-state index >= 15 is 0 Å². The summed E-state index contributed by atoms with van der Waals surface area (Å²) in [4.78, 5) is 0. The summed E-state index contributed by atoms with van der Waals surface area (Å²) in [5, 5.41) is 11.1. The molecule has 1 heterocycles. The van der Waals surface area contributed by atoms with Crippen molar-refractivity contribution in [3.63, 3.8) is 0 Å². The summed E-state index contributed by atoms with van der Waals surface area (Å²) < 4.78 is 0. The Labute approximate surface area is 98.0 Å². The molecule has 3 heteroatoms. The topological polar surface area (TPSA) is 40.7 Å². The number of rotatable bonds is 3. The third kappa shape index (κ3) is 2.08. The van der Waals surface area contributed by atoms with Gasteiger partial charge in [0.05, 0.1) is 0 Å². The highest BCUT2D eigenvalue weighted by Crippen LogP contribution is 2.38. The largest absolute Gasteiger partial charge is 0.366 e. The van der Waals surface area contributed by atoms with E-state index in [1.165, 1.54) is 30.5 Å². The molecule has 16 heavy (non-hydrogen) atoms. The molecule has 2 N–H and O–H groups in total. The van der Waals surface area contributed by atoms with Gasteiger partial charge in [-0.1, -0.05) is 13.8 Å². The van der Waals surface area contributed by atoms with Crippen LogP contribution < -0.4 is 5.32 Å². The fraction of sp³-hybridized carbons (Fsp3) is 0.769. The van der Waals surface area contributed by atoms with Crippen LogP contribution in [0.3, 0.4) is 0 Å². The highest BCUT2D eigenvalue weighted by Gasteiger charge is 2.27. The number of aromatic amines is 1. The van der Waals surface area contributed by atoms with Gasteiger partial charge in [-0.2, -0.15) is 5.10 Å². The number of aromatic nitrogens is 2. The van der Waals surface area contributed by atoms with Crippen molar-refractivity contribution in [2.24, 2.45) is 5.92 Å². The van der Waals surface area contributed by atoms with Crippen LogP contribution in [0.5, 0.6) is 0 Å². The van der Waals surface area contributed by atoms with Gasteiger partial charge in [-0.25, -0.2) is 0 Å². The molecule has 1 aliphatic carbocycles. The van der Waals surface area contributed by atoms with Crippen LogP contribution in [0.1, 0.15) is 57.7 Å². The molecule has 0 saturated carbocycles. The summed E-state index contributed by atoms with van der Waals surface area (Å²) in [6.07, 6.45) is 3.76. The Bertz CT molecular complexity index is 352. The van der Waals surface area contributed by atoms with Crippen LogP contribution in [0.25, 0.3) is 0 Å². The maximum atomic E-state index is 4.43. The minimum Gasteiger partial charge on any atom is -0.366 e. The van der Waals surface area contributed by atoms with Crippen LogP contribution in [-0.4, -0.2) is 16.2 Å². The fourth-order valence-corrected chi connectivity index (χ4v) is 2.64. The van der Waals surface area contributed by atoms with Crippen molar-refractivity contribution in [2.75, 3.05) is 5.32 Å². The molecule has 1 atom stereocenters. The first-order valence-electron chi connectivity index (χ1n) is 6.43. The van der Waals surface area contributed by atoms with Crippen LogP contribution in [0.15, 0.2) is 0 Å². The molecule has 0 aromatic carbocycles. The highest BCUT2D eigenvalue weighted by molar-refractivity contribution is 5.49. The molecule has 1 aromatic heterocycles. The second-order valence-corrected chi connectivity index (χ2v) is 5.51. The fourth-order valence-electron chi connectivity index (χ4n) is 2.64. The van der Waals surface area contributed by atoms with Crippen molar-refractivity contribution in [1.29, 1.82) is 0 Å². The molecule has 1 unspecified atom stereocenters. The van der Waals surface area contributed by atoms with E-state index in [1.807, 2.05) is 0 Å². The lowest BCUT2D eigenvalue weighted by molar-refractivity contribution is 0.425. The Kier molecular flexibility index (Phi) is 3.22. The van der Waals surface area contributed by atoms with E-state index in [0.717, 1.165) is 5.82 Å². The first-order chi connectivity index (χ1) is 7.59. The van der Waals surface area contributed by atoms with Crippen molar-refractivity contribution in [3.8, 4) is 0 Å². The lowest BCUT2D eigenvalue weighted by atomic mass is 9.81. The van der Waals surface area contributed by atoms with Gasteiger partial charge in [-0.05, 0) is 39.0 Å². The number of hydrogen-bond acceptors (Lipinski definition) is 2. The third-order valence-electron chi connectivity index (χ3n) is 3.44. The van der Waals surface area contributed by atoms with Gasteiger partial charge in [-0.3, -0.25) is 5.10 Å². The summed E-state index contributed by atoms with van der Waals surface area (Å²) in [6, 6.07) is 0.451. The molecule has 90 valence electrons. The van der Waals surface area contributed by atoms with Gasteiger partial charge in [0.15, 0.2) is 5.82 Å². The summed E-state index contributed by atoms with van der Waals surface area (Å²) in [7, 11) is 0. The SMILES string of the molecule is CC(C)Nc1n[nH]c2c1CCCC2C(C)C. The van der Waals surface area contributed by atoms with Crippen LogP contribution in [0.2, 0.25) is 0 Å². The molecular formula is C13H23N3. The number of H-pyrrole nitrogens is 1. The molecule has 0 amide bonds. The Hall–Kier alpha value is -0.990. The van der Waals surface area contributed by atoms with Crippen LogP contribution in [0.4, 0.5) is 5.82 Å². The number of nitrogens with zero attached hydrogens (tertiary/aromatic N) is 1. The first-order valence-corrected chi connectivity index (χ1v) is 6.43. The maximum absolute atomic E-state index is 4.43. The second kappa shape index (κ2) is 4.48. The summed E-state index contributed by atoms with van der Waals surface area (Å²) in [6.45, 7) is 8.92. The van der Waals surface area contributed by atoms with Gasteiger partial charge in [0.1, 0.15) is 0 Å². The molecule has 0 radical (unpaired) electrons. The number of nitrogens with one attached hydrogen (secondary N) is 2. The van der Waals surface area contributed by atoms with Crippen molar-refractivity contribution in [1.82, 2.24) is 10.2 Å². The average molecular weight is 221 g/mol. The van der Waals surface area contributed by atoms with Crippen molar-refractivity contribution >= 4 is 5.82 Å². The van der Waals surface area contributed by atoms with Gasteiger partial charge >= 0.3 is 0 Å². The quantitative estimate of drug-likeness (QED) is 0.822. The van der Waals surface area contributed by atoms with Crippen LogP contribution >= 0.6 is 0 Å². The smallest absolute Gasteiger partial charge is 0.151 e. The monoisotopic (exact) mass is 221 g/mol. The molecule has 3 nitrogen and oxygen atoms in total. The van der Waals surface area contributed by atoms with Crippen molar-refractivity contribution in [3.05, 3.63) is 11.3 Å². The predicted octanol–water partition coefficient (Wildman–Crippen LogP) is 3.31. The highest BCUT2D eigenvalue weighted by atomic mass is 15.2. The molecule has 1 aliphatic rings. The summed E-state index contributed by atoms with van der Waals surface area (Å²) >= 11 is 0. The van der Waals surface area contributed by atoms with E-state index in [1.54, 1.807) is 0 Å². The zero-order valence-electron chi connectivity index (χ0n) is 10.8. The van der Waals surface area contributed by atoms with E-state index in [2.05, 4.69) is 43.2 Å². The van der Waals surface area contributed by atoms with Gasteiger partial charge < -0.3 is 5.32 Å². The zero-order valence-corrected chi connectivity index (χ0v) is 10.8. The molecule has 0 aliphatic heterocycles. The van der Waals surface area contributed by atoms with E-state index in [-0.39, 0.29) is 0 Å². The minimum atomic E-state index is 0.451. The van der Waals surface area contributed by atoms with Gasteiger partial charge in [0.25, 0.3) is 0 Å². The summed E-state index contributed by atoms with van der Waals surface area (Å²) in [5.74, 6) is 2.45. The van der Waals surface area contributed by atoms with Gasteiger partial charge in [0.2, 0.25) is 0 Å². The Balaban J connectivity index is 2.27. The minimum absolute atomic E-state index is 0.451. The molecule has 0 bridgehead atoms. The lowest BCUT2D eigenvalue weighted by Gasteiger charge is -2.25. The van der Waals surface area contributed by atoms with E-state index < -0.39 is 0 Å². The van der Waals surface area contributed by atoms with E-state index in [0.29, 0.717) is 17.9 Å². The number of hydrogen-bond donors (Lipinski definition) is 2. The molecular weight excluding hydrogens is 198 g/mol. The average Bonchev–Trinajstić information content (AvgIpc) is 2.60. The van der Waals surface area contributed by atoms with Crippen LogP contribution in [0, 0.1) is 5.92 Å². The second-order valence-electron chi connectivity index (χ2n) is 5.51. The summed E-state index contributed by atoms with van der Waals surface area (Å²) in [5.41, 5.74) is 2.81. The Morgan fingerprint density at radius 3 is 2.69 bits per heavy atom. The standard InChI is InChI=1S/C13H23N3/c1-8(2)10-6-5-7-11-12(10)15-16-13(11)14-9(3)4/h8-10H,5-7H2,1-4H3,(H2,14,15,16). The number of fused-ring (bicyclic) bond motifs is 1. The van der Waals surface area contributed by atoms with Crippen molar-refractivity contribution < 1.29 is 0 Å². The van der Waals surface area contributed by atoms with Gasteiger partial charge in [0, 0.05) is 23.2 Å². The third-order valence-corrected chi connectivity index (χ3v) is 3.44. The lowest BCUT2D eigenvalue weighted by Crippen LogP contribution is -2.16. The molecule has 0 spiro atoms. The number of anilines is 1. The molecule has 0 fully saturated rings. The normalized spacial score (nSPS) is 20.2. The predicted molar refractivity (Wildman–Crippen MR) is 67.9 cm³/mol. The van der Waals surface area contributed by atoms with Crippen molar-refractivity contribution in [2.45, 2.75) is 58.9 Å². The Morgan fingerprint density at radius 2 is 2.06 bits per heavy atom. The molecule has 0 saturated heterocycles. The molecule has 1 aromatic rings. The van der Waals surface area contributed by atoms with Crippen LogP contribution in [-0.2, 0) is 6.42 Å². The van der Waals surface area contributed by atoms with E-state index in [4.69, 9.17) is 0 Å². The first kappa shape index (κ1) is 11.5. The van der Waals surface area contributed by atoms with Gasteiger partial charge in [-0.15, -0.1) is 0 Å². The maximum Gasteiger partial charge on any atom is 0.151 e. The zero-order chi connectivity index (χ0) is 11.7.